The van der Waals surface area contributed by atoms with Crippen LogP contribution in [0.1, 0.15) is 5.56 Å². The van der Waals surface area contributed by atoms with E-state index in [9.17, 15) is 18.0 Å². The smallest absolute Gasteiger partial charge is 0.350 e. The Morgan fingerprint density at radius 1 is 1.41 bits per heavy atom. The molecule has 4 nitrogen and oxygen atoms in total. The van der Waals surface area contributed by atoms with E-state index in [2.05, 4.69) is 5.10 Å². The third-order valence-electron chi connectivity index (χ3n) is 1.52. The van der Waals surface area contributed by atoms with Crippen LogP contribution in [0.2, 0.25) is 0 Å². The topological polar surface area (TPSA) is 67.5 Å². The maximum Gasteiger partial charge on any atom is 0.446 e. The van der Waals surface area contributed by atoms with Gasteiger partial charge in [-0.1, -0.05) is 18.2 Å². The van der Waals surface area contributed by atoms with Gasteiger partial charge in [0.25, 0.3) is 0 Å². The molecule has 0 aliphatic heterocycles. The zero-order chi connectivity index (χ0) is 12.9. The van der Waals surface area contributed by atoms with Crippen molar-refractivity contribution in [2.45, 2.75) is 10.4 Å². The summed E-state index contributed by atoms with van der Waals surface area (Å²) < 4.78 is 36.6. The van der Waals surface area contributed by atoms with Crippen LogP contribution in [0.15, 0.2) is 34.3 Å². The average molecular weight is 263 g/mol. The number of halogens is 3. The van der Waals surface area contributed by atoms with Gasteiger partial charge in [0.2, 0.25) is 0 Å². The zero-order valence-electron chi connectivity index (χ0n) is 8.36. The minimum atomic E-state index is -4.37. The number of hydrazone groups is 1. The van der Waals surface area contributed by atoms with Crippen molar-refractivity contribution in [1.82, 2.24) is 5.43 Å². The van der Waals surface area contributed by atoms with Gasteiger partial charge in [0.15, 0.2) is 0 Å². The number of hydrogen-bond acceptors (Lipinski definition) is 3. The fraction of sp³-hybridized carbons (Fsp3) is 0.111. The summed E-state index contributed by atoms with van der Waals surface area (Å²) in [4.78, 5) is 10.3. The number of hydrogen-bond donors (Lipinski definition) is 2. The molecule has 0 aliphatic rings. The number of urea groups is 1. The van der Waals surface area contributed by atoms with Gasteiger partial charge in [0.05, 0.1) is 6.21 Å². The van der Waals surface area contributed by atoms with Crippen molar-refractivity contribution < 1.29 is 18.0 Å². The number of benzene rings is 1. The fourth-order valence-corrected chi connectivity index (χ4v) is 1.60. The highest BCUT2D eigenvalue weighted by Gasteiger charge is 2.29. The van der Waals surface area contributed by atoms with Crippen molar-refractivity contribution in [3.63, 3.8) is 0 Å². The lowest BCUT2D eigenvalue weighted by Gasteiger charge is -2.07. The van der Waals surface area contributed by atoms with Crippen LogP contribution in [-0.4, -0.2) is 17.8 Å². The molecule has 8 heteroatoms. The van der Waals surface area contributed by atoms with Crippen LogP contribution in [0.4, 0.5) is 18.0 Å². The Balaban J connectivity index is 2.84. The van der Waals surface area contributed by atoms with Gasteiger partial charge in [0.1, 0.15) is 0 Å². The highest BCUT2D eigenvalue weighted by Crippen LogP contribution is 2.37. The van der Waals surface area contributed by atoms with E-state index in [-0.39, 0.29) is 22.2 Å². The normalized spacial score (nSPS) is 11.7. The molecule has 1 rings (SSSR count). The average Bonchev–Trinajstić information content (AvgIpc) is 2.17. The van der Waals surface area contributed by atoms with Crippen LogP contribution < -0.4 is 11.2 Å². The van der Waals surface area contributed by atoms with Crippen LogP contribution in [0.3, 0.4) is 0 Å². The number of rotatable bonds is 3. The third kappa shape index (κ3) is 5.25. The van der Waals surface area contributed by atoms with Crippen molar-refractivity contribution in [2.75, 3.05) is 0 Å². The molecule has 0 atom stereocenters. The molecule has 2 amide bonds. The first-order chi connectivity index (χ1) is 7.88. The second-order valence-electron chi connectivity index (χ2n) is 2.82. The molecule has 0 spiro atoms. The van der Waals surface area contributed by atoms with E-state index in [1.807, 2.05) is 5.43 Å². The number of carbonyl (C=O) groups is 1. The van der Waals surface area contributed by atoms with Crippen molar-refractivity contribution >= 4 is 24.0 Å². The first kappa shape index (κ1) is 13.4. The molecule has 0 aliphatic carbocycles. The standard InChI is InChI=1S/C9H8F3N3OS/c10-9(11,12)17-7-4-2-1-3-6(7)5-14-15-8(13)16/h1-5H,(H3,13,15,16). The van der Waals surface area contributed by atoms with Crippen molar-refractivity contribution in [1.29, 1.82) is 0 Å². The number of nitrogens with zero attached hydrogens (tertiary/aromatic N) is 1. The molecule has 0 bridgehead atoms. The van der Waals surface area contributed by atoms with E-state index in [1.54, 1.807) is 6.07 Å². The number of thioether (sulfide) groups is 1. The maximum atomic E-state index is 12.2. The summed E-state index contributed by atoms with van der Waals surface area (Å²) in [7, 11) is 0. The molecule has 92 valence electrons. The Morgan fingerprint density at radius 3 is 2.65 bits per heavy atom. The molecule has 0 fully saturated rings. The van der Waals surface area contributed by atoms with Gasteiger partial charge in [-0.3, -0.25) is 0 Å². The molecular weight excluding hydrogens is 255 g/mol. The summed E-state index contributed by atoms with van der Waals surface area (Å²) >= 11 is -0.249. The molecular formula is C9H8F3N3OS. The first-order valence-electron chi connectivity index (χ1n) is 4.32. The monoisotopic (exact) mass is 263 g/mol. The second-order valence-corrected chi connectivity index (χ2v) is 3.93. The number of primary amides is 1. The molecule has 0 aromatic heterocycles. The highest BCUT2D eigenvalue weighted by atomic mass is 32.2. The summed E-state index contributed by atoms with van der Waals surface area (Å²) in [6.07, 6.45) is 1.10. The Morgan fingerprint density at radius 2 is 2.06 bits per heavy atom. The molecule has 1 aromatic rings. The Hall–Kier alpha value is -1.70. The van der Waals surface area contributed by atoms with E-state index in [0.717, 1.165) is 6.21 Å². The quantitative estimate of drug-likeness (QED) is 0.499. The van der Waals surface area contributed by atoms with E-state index in [1.165, 1.54) is 18.2 Å². The van der Waals surface area contributed by atoms with Gasteiger partial charge in [-0.05, 0) is 17.8 Å². The Labute approximate surface area is 99.1 Å². The van der Waals surface area contributed by atoms with Crippen molar-refractivity contribution in [3.8, 4) is 0 Å². The maximum absolute atomic E-state index is 12.2. The number of carbonyl (C=O) groups excluding carboxylic acids is 1. The second kappa shape index (κ2) is 5.58. The van der Waals surface area contributed by atoms with Crippen LogP contribution in [0, 0.1) is 0 Å². The van der Waals surface area contributed by atoms with E-state index in [0.29, 0.717) is 0 Å². The molecule has 0 heterocycles. The van der Waals surface area contributed by atoms with Crippen LogP contribution in [0.25, 0.3) is 0 Å². The lowest BCUT2D eigenvalue weighted by Crippen LogP contribution is -2.24. The van der Waals surface area contributed by atoms with Gasteiger partial charge in [-0.2, -0.15) is 18.3 Å². The summed E-state index contributed by atoms with van der Waals surface area (Å²) in [5, 5.41) is 3.40. The number of alkyl halides is 3. The van der Waals surface area contributed by atoms with Crippen LogP contribution in [-0.2, 0) is 0 Å². The zero-order valence-corrected chi connectivity index (χ0v) is 9.18. The molecule has 0 saturated carbocycles. The number of nitrogens with two attached hydrogens (primary N) is 1. The number of nitrogens with one attached hydrogen (secondary N) is 1. The minimum absolute atomic E-state index is 0.00461. The minimum Gasteiger partial charge on any atom is -0.350 e. The van der Waals surface area contributed by atoms with Crippen molar-refractivity contribution in [2.24, 2.45) is 10.8 Å². The summed E-state index contributed by atoms with van der Waals surface area (Å²) in [5.41, 5.74) is 2.51. The Kier molecular flexibility index (Phi) is 4.38. The lowest BCUT2D eigenvalue weighted by molar-refractivity contribution is -0.0328. The van der Waals surface area contributed by atoms with E-state index >= 15 is 0 Å². The molecule has 1 aromatic carbocycles. The van der Waals surface area contributed by atoms with Crippen LogP contribution in [0.5, 0.6) is 0 Å². The lowest BCUT2D eigenvalue weighted by atomic mass is 10.2. The fourth-order valence-electron chi connectivity index (χ4n) is 0.970. The van der Waals surface area contributed by atoms with Crippen molar-refractivity contribution in [3.05, 3.63) is 29.8 Å². The third-order valence-corrected chi connectivity index (χ3v) is 2.35. The summed E-state index contributed by atoms with van der Waals surface area (Å²) in [6.45, 7) is 0. The van der Waals surface area contributed by atoms with Gasteiger partial charge >= 0.3 is 11.5 Å². The SMILES string of the molecule is NC(=O)NN=Cc1ccccc1SC(F)(F)F. The van der Waals surface area contributed by atoms with E-state index in [4.69, 9.17) is 5.73 Å². The predicted molar refractivity (Wildman–Crippen MR) is 58.7 cm³/mol. The van der Waals surface area contributed by atoms with Gasteiger partial charge in [-0.15, -0.1) is 0 Å². The summed E-state index contributed by atoms with van der Waals surface area (Å²) in [5.74, 6) is 0. The molecule has 0 saturated heterocycles. The summed E-state index contributed by atoms with van der Waals surface area (Å²) in [6, 6.07) is 4.91. The molecule has 0 unspecified atom stereocenters. The predicted octanol–water partition coefficient (Wildman–Crippen LogP) is 2.30. The number of amides is 2. The Bertz CT molecular complexity index is 434. The van der Waals surface area contributed by atoms with Gasteiger partial charge < -0.3 is 5.73 Å². The molecule has 17 heavy (non-hydrogen) atoms. The molecule has 3 N–H and O–H groups in total. The van der Waals surface area contributed by atoms with Gasteiger partial charge in [0, 0.05) is 10.5 Å². The molecule has 0 radical (unpaired) electrons. The van der Waals surface area contributed by atoms with Gasteiger partial charge in [-0.25, -0.2) is 10.2 Å². The van der Waals surface area contributed by atoms with Crippen LogP contribution >= 0.6 is 11.8 Å². The first-order valence-corrected chi connectivity index (χ1v) is 5.13. The van der Waals surface area contributed by atoms with E-state index < -0.39 is 11.5 Å². The largest absolute Gasteiger partial charge is 0.446 e. The highest BCUT2D eigenvalue weighted by molar-refractivity contribution is 8.00.